The van der Waals surface area contributed by atoms with Crippen LogP contribution in [0, 0.1) is 6.92 Å². The first-order valence-corrected chi connectivity index (χ1v) is 4.54. The maximum absolute atomic E-state index is 9.19. The summed E-state index contributed by atoms with van der Waals surface area (Å²) in [6.45, 7) is 1.85. The van der Waals surface area contributed by atoms with E-state index in [0.717, 1.165) is 5.76 Å². The van der Waals surface area contributed by atoms with E-state index in [2.05, 4.69) is 9.68 Å². The van der Waals surface area contributed by atoms with Gasteiger partial charge < -0.3 is 4.52 Å². The summed E-state index contributed by atoms with van der Waals surface area (Å²) < 4.78 is 30.5. The normalized spacial score (nSPS) is 10.1. The summed E-state index contributed by atoms with van der Waals surface area (Å²) in [7, 11) is -3.67. The SMILES string of the molecule is CS(=O)(=O)O.Cc1ccno1. The standard InChI is InChI=1S/C4H5NO.CH4O3S/c1-4-2-3-5-6-4;1-5(2,3)4/h2-3H,1H3;1H3,(H,2,3,4). The molecule has 0 amide bonds. The molecule has 6 heteroatoms. The average Bonchev–Trinajstić information content (AvgIpc) is 2.12. The summed E-state index contributed by atoms with van der Waals surface area (Å²) in [5.41, 5.74) is 0. The Morgan fingerprint density at radius 1 is 1.64 bits per heavy atom. The molecule has 0 aliphatic rings. The topological polar surface area (TPSA) is 80.4 Å². The van der Waals surface area contributed by atoms with E-state index >= 15 is 0 Å². The lowest BCUT2D eigenvalue weighted by molar-refractivity contribution is 0.397. The fourth-order valence-corrected chi connectivity index (χ4v) is 0.279. The van der Waals surface area contributed by atoms with Crippen molar-refractivity contribution in [2.45, 2.75) is 6.92 Å². The van der Waals surface area contributed by atoms with Gasteiger partial charge in [-0.05, 0) is 6.92 Å². The average molecular weight is 179 g/mol. The van der Waals surface area contributed by atoms with E-state index in [0.29, 0.717) is 6.26 Å². The fourth-order valence-electron chi connectivity index (χ4n) is 0.279. The van der Waals surface area contributed by atoms with E-state index in [1.807, 2.05) is 6.92 Å². The number of aromatic nitrogens is 1. The third-order valence-electron chi connectivity index (χ3n) is 0.567. The van der Waals surface area contributed by atoms with Crippen molar-refractivity contribution in [2.75, 3.05) is 6.26 Å². The molecule has 0 aliphatic carbocycles. The van der Waals surface area contributed by atoms with Crippen molar-refractivity contribution in [1.29, 1.82) is 0 Å². The molecule has 0 unspecified atom stereocenters. The first-order chi connectivity index (χ1) is 4.89. The molecule has 64 valence electrons. The molecule has 0 spiro atoms. The number of aryl methyl sites for hydroxylation is 1. The van der Waals surface area contributed by atoms with Crippen LogP contribution in [-0.2, 0) is 10.1 Å². The molecular formula is C5H9NO4S. The third kappa shape index (κ3) is 12.3. The lowest BCUT2D eigenvalue weighted by Crippen LogP contribution is -1.88. The zero-order chi connectivity index (χ0) is 8.91. The van der Waals surface area contributed by atoms with Gasteiger partial charge in [-0.2, -0.15) is 8.42 Å². The van der Waals surface area contributed by atoms with Gasteiger partial charge in [0.2, 0.25) is 0 Å². The lowest BCUT2D eigenvalue weighted by atomic mass is 10.5. The van der Waals surface area contributed by atoms with E-state index in [1.54, 1.807) is 12.3 Å². The molecule has 0 saturated carbocycles. The van der Waals surface area contributed by atoms with Crippen LogP contribution < -0.4 is 0 Å². The van der Waals surface area contributed by atoms with Gasteiger partial charge in [0.15, 0.2) is 0 Å². The van der Waals surface area contributed by atoms with Crippen molar-refractivity contribution in [3.63, 3.8) is 0 Å². The number of hydrogen-bond donors (Lipinski definition) is 1. The van der Waals surface area contributed by atoms with Crippen LogP contribution >= 0.6 is 0 Å². The van der Waals surface area contributed by atoms with Crippen LogP contribution in [0.1, 0.15) is 5.76 Å². The maximum atomic E-state index is 9.19. The molecule has 0 atom stereocenters. The highest BCUT2D eigenvalue weighted by atomic mass is 32.2. The van der Waals surface area contributed by atoms with Crippen molar-refractivity contribution in [3.8, 4) is 0 Å². The van der Waals surface area contributed by atoms with Gasteiger partial charge in [-0.15, -0.1) is 0 Å². The summed E-state index contributed by atoms with van der Waals surface area (Å²) in [6, 6.07) is 1.81. The minimum absolute atomic E-state index is 0.715. The minimum Gasteiger partial charge on any atom is -0.362 e. The lowest BCUT2D eigenvalue weighted by Gasteiger charge is -1.69. The Labute approximate surface area is 64.8 Å². The molecule has 0 aromatic carbocycles. The summed E-state index contributed by atoms with van der Waals surface area (Å²) >= 11 is 0. The number of rotatable bonds is 0. The molecule has 0 radical (unpaired) electrons. The molecule has 1 rings (SSSR count). The highest BCUT2D eigenvalue weighted by molar-refractivity contribution is 7.85. The molecule has 1 aromatic heterocycles. The molecule has 11 heavy (non-hydrogen) atoms. The smallest absolute Gasteiger partial charge is 0.261 e. The molecule has 1 heterocycles. The second-order valence-electron chi connectivity index (χ2n) is 1.86. The van der Waals surface area contributed by atoms with Crippen LogP contribution in [-0.4, -0.2) is 24.4 Å². The van der Waals surface area contributed by atoms with Gasteiger partial charge in [0.05, 0.1) is 12.5 Å². The second-order valence-corrected chi connectivity index (χ2v) is 3.32. The maximum Gasteiger partial charge on any atom is 0.261 e. The predicted octanol–water partition coefficient (Wildman–Crippen LogP) is 0.487. The van der Waals surface area contributed by atoms with Crippen molar-refractivity contribution < 1.29 is 17.5 Å². The predicted molar refractivity (Wildman–Crippen MR) is 38.7 cm³/mol. The van der Waals surface area contributed by atoms with Gasteiger partial charge in [0, 0.05) is 6.07 Å². The Kier molecular flexibility index (Phi) is 3.77. The largest absolute Gasteiger partial charge is 0.362 e. The summed E-state index contributed by atoms with van der Waals surface area (Å²) in [5, 5.41) is 3.45. The molecule has 0 saturated heterocycles. The molecule has 0 bridgehead atoms. The monoisotopic (exact) mass is 179 g/mol. The van der Waals surface area contributed by atoms with E-state index < -0.39 is 10.1 Å². The van der Waals surface area contributed by atoms with E-state index in [-0.39, 0.29) is 0 Å². The first-order valence-electron chi connectivity index (χ1n) is 2.69. The summed E-state index contributed by atoms with van der Waals surface area (Å²) in [6.07, 6.45) is 2.34. The van der Waals surface area contributed by atoms with Gasteiger partial charge in [0.25, 0.3) is 10.1 Å². The molecule has 0 fully saturated rings. The summed E-state index contributed by atoms with van der Waals surface area (Å²) in [4.78, 5) is 0. The van der Waals surface area contributed by atoms with Gasteiger partial charge in [-0.3, -0.25) is 4.55 Å². The minimum atomic E-state index is -3.67. The summed E-state index contributed by atoms with van der Waals surface area (Å²) in [5.74, 6) is 0.856. The van der Waals surface area contributed by atoms with Gasteiger partial charge in [-0.25, -0.2) is 0 Å². The highest BCUT2D eigenvalue weighted by Crippen LogP contribution is 1.88. The second kappa shape index (κ2) is 4.09. The zero-order valence-electron chi connectivity index (χ0n) is 6.18. The molecule has 0 aliphatic heterocycles. The molecule has 5 nitrogen and oxygen atoms in total. The Balaban J connectivity index is 0.000000187. The quantitative estimate of drug-likeness (QED) is 0.586. The van der Waals surface area contributed by atoms with Crippen LogP contribution in [0.2, 0.25) is 0 Å². The van der Waals surface area contributed by atoms with Crippen molar-refractivity contribution >= 4 is 10.1 Å². The Morgan fingerprint density at radius 3 is 2.18 bits per heavy atom. The van der Waals surface area contributed by atoms with Gasteiger partial charge in [-0.1, -0.05) is 5.16 Å². The Morgan fingerprint density at radius 2 is 2.09 bits per heavy atom. The Bertz CT molecular complexity index is 267. The molecule has 1 aromatic rings. The van der Waals surface area contributed by atoms with E-state index in [4.69, 9.17) is 4.55 Å². The van der Waals surface area contributed by atoms with Crippen molar-refractivity contribution in [2.24, 2.45) is 0 Å². The first kappa shape index (κ1) is 10.1. The van der Waals surface area contributed by atoms with Crippen LogP contribution in [0.25, 0.3) is 0 Å². The third-order valence-corrected chi connectivity index (χ3v) is 0.567. The van der Waals surface area contributed by atoms with E-state index in [9.17, 15) is 8.42 Å². The van der Waals surface area contributed by atoms with Gasteiger partial charge in [0.1, 0.15) is 5.76 Å². The number of hydrogen-bond acceptors (Lipinski definition) is 4. The van der Waals surface area contributed by atoms with Crippen LogP contribution in [0.15, 0.2) is 16.8 Å². The van der Waals surface area contributed by atoms with Crippen LogP contribution in [0.4, 0.5) is 0 Å². The van der Waals surface area contributed by atoms with Gasteiger partial charge >= 0.3 is 0 Å². The van der Waals surface area contributed by atoms with Crippen LogP contribution in [0.3, 0.4) is 0 Å². The fraction of sp³-hybridized carbons (Fsp3) is 0.400. The zero-order valence-corrected chi connectivity index (χ0v) is 7.00. The number of nitrogens with zero attached hydrogens (tertiary/aromatic N) is 1. The van der Waals surface area contributed by atoms with Crippen LogP contribution in [0.5, 0.6) is 0 Å². The molecular weight excluding hydrogens is 170 g/mol. The Hall–Kier alpha value is -0.880. The highest BCUT2D eigenvalue weighted by Gasteiger charge is 1.81. The van der Waals surface area contributed by atoms with Crippen molar-refractivity contribution in [3.05, 3.63) is 18.0 Å². The van der Waals surface area contributed by atoms with E-state index in [1.165, 1.54) is 0 Å². The van der Waals surface area contributed by atoms with Crippen molar-refractivity contribution in [1.82, 2.24) is 5.16 Å². The molecule has 1 N–H and O–H groups in total.